The standard InChI is InChI=1S/C26H29IN4O6S/c27-23(26(33)30-10-14-37-15-11-30)21-17-38(34,35)22-7-2-1-6-20(22)24(21)31(28)19-5-3-4-18(16-19)25(32)29-8-12-36-13-9-29/h1-7,16,23H,8-15,17,28H2. The molecule has 12 heteroatoms. The highest BCUT2D eigenvalue weighted by Crippen LogP contribution is 2.39. The summed E-state index contributed by atoms with van der Waals surface area (Å²) in [7, 11) is -3.70. The van der Waals surface area contributed by atoms with Gasteiger partial charge in [0.05, 0.1) is 48.5 Å². The Bertz CT molecular complexity index is 1370. The molecule has 5 rings (SSSR count). The first-order valence-electron chi connectivity index (χ1n) is 12.4. The predicted molar refractivity (Wildman–Crippen MR) is 150 cm³/mol. The Labute approximate surface area is 235 Å². The molecule has 2 aromatic rings. The minimum Gasteiger partial charge on any atom is -0.378 e. The molecule has 2 amide bonds. The molecule has 2 aromatic carbocycles. The number of nitrogens with zero attached hydrogens (tertiary/aromatic N) is 3. The molecule has 0 saturated carbocycles. The summed E-state index contributed by atoms with van der Waals surface area (Å²) in [6.07, 6.45) is 0. The van der Waals surface area contributed by atoms with Crippen molar-refractivity contribution in [2.75, 3.05) is 63.4 Å². The number of carbonyl (C=O) groups is 2. The third-order valence-electron chi connectivity index (χ3n) is 6.88. The third-order valence-corrected chi connectivity index (χ3v) is 9.88. The summed E-state index contributed by atoms with van der Waals surface area (Å²) < 4.78 is 36.6. The largest absolute Gasteiger partial charge is 0.378 e. The molecule has 3 aliphatic heterocycles. The number of ether oxygens (including phenoxy) is 2. The number of alkyl halides is 1. The number of morpholine rings is 2. The molecule has 2 saturated heterocycles. The lowest BCUT2D eigenvalue weighted by molar-refractivity contribution is -0.133. The normalized spacial score (nSPS) is 20.1. The van der Waals surface area contributed by atoms with E-state index >= 15 is 0 Å². The fraction of sp³-hybridized carbons (Fsp3) is 0.385. The van der Waals surface area contributed by atoms with Crippen LogP contribution < -0.4 is 10.9 Å². The van der Waals surface area contributed by atoms with Crippen molar-refractivity contribution in [2.45, 2.75) is 8.82 Å². The maximum Gasteiger partial charge on any atom is 0.254 e. The first-order valence-corrected chi connectivity index (χ1v) is 15.3. The lowest BCUT2D eigenvalue weighted by Crippen LogP contribution is -2.46. The van der Waals surface area contributed by atoms with Crippen LogP contribution in [0.2, 0.25) is 0 Å². The first-order chi connectivity index (χ1) is 18.3. The number of amides is 2. The summed E-state index contributed by atoms with van der Waals surface area (Å²) in [6, 6.07) is 13.6. The van der Waals surface area contributed by atoms with Gasteiger partial charge in [-0.05, 0) is 29.8 Å². The van der Waals surface area contributed by atoms with Crippen LogP contribution >= 0.6 is 22.6 Å². The smallest absolute Gasteiger partial charge is 0.254 e. The molecule has 0 aliphatic carbocycles. The van der Waals surface area contributed by atoms with Crippen LogP contribution in [0.15, 0.2) is 59.0 Å². The molecule has 202 valence electrons. The number of hydrogen-bond donors (Lipinski definition) is 1. The molecule has 3 aliphatic rings. The van der Waals surface area contributed by atoms with Gasteiger partial charge < -0.3 is 19.3 Å². The van der Waals surface area contributed by atoms with E-state index in [4.69, 9.17) is 15.3 Å². The van der Waals surface area contributed by atoms with Gasteiger partial charge >= 0.3 is 0 Å². The summed E-state index contributed by atoms with van der Waals surface area (Å²) in [5, 5.41) is 1.40. The van der Waals surface area contributed by atoms with E-state index in [-0.39, 0.29) is 22.5 Å². The maximum absolute atomic E-state index is 13.5. The van der Waals surface area contributed by atoms with Gasteiger partial charge in [0.2, 0.25) is 5.91 Å². The molecule has 38 heavy (non-hydrogen) atoms. The van der Waals surface area contributed by atoms with Crippen LogP contribution in [0.1, 0.15) is 15.9 Å². The summed E-state index contributed by atoms with van der Waals surface area (Å²) >= 11 is 2.01. The quantitative estimate of drug-likeness (QED) is 0.224. The number of anilines is 1. The van der Waals surface area contributed by atoms with E-state index in [1.54, 1.807) is 58.3 Å². The Morgan fingerprint density at radius 1 is 0.921 bits per heavy atom. The van der Waals surface area contributed by atoms with Crippen molar-refractivity contribution in [2.24, 2.45) is 5.84 Å². The van der Waals surface area contributed by atoms with Crippen molar-refractivity contribution in [3.05, 3.63) is 65.2 Å². The van der Waals surface area contributed by atoms with Gasteiger partial charge in [0.15, 0.2) is 9.84 Å². The van der Waals surface area contributed by atoms with E-state index in [9.17, 15) is 18.0 Å². The van der Waals surface area contributed by atoms with Gasteiger partial charge in [-0.15, -0.1) is 0 Å². The van der Waals surface area contributed by atoms with Crippen molar-refractivity contribution >= 4 is 55.6 Å². The van der Waals surface area contributed by atoms with E-state index in [1.807, 2.05) is 22.6 Å². The van der Waals surface area contributed by atoms with Crippen LogP contribution in [0.3, 0.4) is 0 Å². The summed E-state index contributed by atoms with van der Waals surface area (Å²) in [5.41, 5.74) is 2.26. The second-order valence-corrected chi connectivity index (χ2v) is 12.5. The zero-order valence-electron chi connectivity index (χ0n) is 20.7. The van der Waals surface area contributed by atoms with Crippen molar-refractivity contribution in [1.29, 1.82) is 0 Å². The highest BCUT2D eigenvalue weighted by molar-refractivity contribution is 14.1. The molecule has 2 fully saturated rings. The number of sulfone groups is 1. The number of benzene rings is 2. The number of nitrogens with two attached hydrogens (primary N) is 1. The van der Waals surface area contributed by atoms with E-state index in [0.717, 1.165) is 0 Å². The Kier molecular flexibility index (Phi) is 8.05. The highest BCUT2D eigenvalue weighted by Gasteiger charge is 2.38. The molecule has 0 spiro atoms. The van der Waals surface area contributed by atoms with Gasteiger partial charge in [-0.1, -0.05) is 46.9 Å². The number of fused-ring (bicyclic) bond motifs is 1. The van der Waals surface area contributed by atoms with Gasteiger partial charge in [-0.2, -0.15) is 0 Å². The molecular formula is C26H29IN4O6S. The number of hydrogen-bond acceptors (Lipinski definition) is 8. The summed E-state index contributed by atoms with van der Waals surface area (Å²) in [5.74, 6) is 6.08. The fourth-order valence-electron chi connectivity index (χ4n) is 4.89. The van der Waals surface area contributed by atoms with Crippen molar-refractivity contribution in [3.63, 3.8) is 0 Å². The zero-order chi connectivity index (χ0) is 26.9. The molecule has 1 atom stereocenters. The van der Waals surface area contributed by atoms with E-state index < -0.39 is 13.8 Å². The first kappa shape index (κ1) is 27.1. The molecular weight excluding hydrogens is 623 g/mol. The monoisotopic (exact) mass is 652 g/mol. The molecule has 0 aromatic heterocycles. The molecule has 0 radical (unpaired) electrons. The molecule has 1 unspecified atom stereocenters. The SMILES string of the molecule is NN(C1=C(C(I)C(=O)N2CCOCC2)CS(=O)(=O)c2ccccc21)c1cccc(C(=O)N2CCOCC2)c1. The topological polar surface area (TPSA) is 122 Å². The van der Waals surface area contributed by atoms with E-state index in [0.29, 0.717) is 80.7 Å². The molecule has 2 N–H and O–H groups in total. The summed E-state index contributed by atoms with van der Waals surface area (Å²) in [6.45, 7) is 3.77. The fourth-order valence-corrected chi connectivity index (χ4v) is 7.76. The third kappa shape index (κ3) is 5.32. The number of carbonyl (C=O) groups excluding carboxylic acids is 2. The number of rotatable bonds is 5. The Balaban J connectivity index is 1.57. The van der Waals surface area contributed by atoms with Crippen molar-refractivity contribution in [3.8, 4) is 0 Å². The predicted octanol–water partition coefficient (Wildman–Crippen LogP) is 1.70. The van der Waals surface area contributed by atoms with Crippen molar-refractivity contribution in [1.82, 2.24) is 9.80 Å². The lowest BCUT2D eigenvalue weighted by atomic mass is 10.0. The van der Waals surface area contributed by atoms with Crippen LogP contribution in [0.4, 0.5) is 5.69 Å². The van der Waals surface area contributed by atoms with Crippen LogP contribution in [-0.4, -0.2) is 92.3 Å². The highest BCUT2D eigenvalue weighted by atomic mass is 127. The van der Waals surface area contributed by atoms with Crippen molar-refractivity contribution < 1.29 is 27.5 Å². The number of halogens is 1. The second-order valence-electron chi connectivity index (χ2n) is 9.25. The van der Waals surface area contributed by atoms with Crippen LogP contribution in [-0.2, 0) is 24.1 Å². The van der Waals surface area contributed by atoms with Gasteiger partial charge in [0.1, 0.15) is 3.92 Å². The molecule has 3 heterocycles. The average Bonchev–Trinajstić information content (AvgIpc) is 2.96. The van der Waals surface area contributed by atoms with Gasteiger partial charge in [0, 0.05) is 37.3 Å². The maximum atomic E-state index is 13.5. The number of hydrazine groups is 1. The average molecular weight is 653 g/mol. The second kappa shape index (κ2) is 11.3. The van der Waals surface area contributed by atoms with Gasteiger partial charge in [-0.3, -0.25) is 14.6 Å². The Hall–Kier alpha value is -2.52. The minimum atomic E-state index is -3.70. The summed E-state index contributed by atoms with van der Waals surface area (Å²) in [4.78, 5) is 30.2. The van der Waals surface area contributed by atoms with E-state index in [1.165, 1.54) is 5.01 Å². The van der Waals surface area contributed by atoms with Crippen LogP contribution in [0, 0.1) is 0 Å². The van der Waals surface area contributed by atoms with Crippen LogP contribution in [0.5, 0.6) is 0 Å². The molecule has 0 bridgehead atoms. The molecule has 10 nitrogen and oxygen atoms in total. The minimum absolute atomic E-state index is 0.126. The van der Waals surface area contributed by atoms with Crippen LogP contribution in [0.25, 0.3) is 5.70 Å². The van der Waals surface area contributed by atoms with Gasteiger partial charge in [0.25, 0.3) is 5.91 Å². The lowest BCUT2D eigenvalue weighted by Gasteiger charge is -2.34. The Morgan fingerprint density at radius 2 is 1.55 bits per heavy atom. The van der Waals surface area contributed by atoms with Gasteiger partial charge in [-0.25, -0.2) is 14.3 Å². The zero-order valence-corrected chi connectivity index (χ0v) is 23.7. The van der Waals surface area contributed by atoms with E-state index in [2.05, 4.69) is 0 Å². The Morgan fingerprint density at radius 3 is 2.24 bits per heavy atom.